The van der Waals surface area contributed by atoms with Crippen LogP contribution >= 0.6 is 0 Å². The lowest BCUT2D eigenvalue weighted by Gasteiger charge is -2.01. The summed E-state index contributed by atoms with van der Waals surface area (Å²) in [6.07, 6.45) is 2.58. The Labute approximate surface area is 76.2 Å². The fourth-order valence-corrected chi connectivity index (χ4v) is 1.61. The van der Waals surface area contributed by atoms with Gasteiger partial charge in [-0.3, -0.25) is 4.79 Å². The Kier molecular flexibility index (Phi) is 1.89. The van der Waals surface area contributed by atoms with Crippen molar-refractivity contribution in [3.05, 3.63) is 46.4 Å². The first kappa shape index (κ1) is 8.05. The van der Waals surface area contributed by atoms with E-state index in [2.05, 4.69) is 11.9 Å². The second-order valence-corrected chi connectivity index (χ2v) is 3.04. The zero-order valence-electron chi connectivity index (χ0n) is 7.50. The molecule has 0 bridgehead atoms. The van der Waals surface area contributed by atoms with Gasteiger partial charge in [0.15, 0.2) is 0 Å². The van der Waals surface area contributed by atoms with Crippen LogP contribution in [0.5, 0.6) is 0 Å². The highest BCUT2D eigenvalue weighted by molar-refractivity contribution is 5.84. The minimum atomic E-state index is 0.00921. The highest BCUT2D eigenvalue weighted by Gasteiger charge is 2.01. The van der Waals surface area contributed by atoms with Crippen molar-refractivity contribution in [3.63, 3.8) is 0 Å². The van der Waals surface area contributed by atoms with Gasteiger partial charge >= 0.3 is 0 Å². The molecule has 0 radical (unpaired) electrons. The van der Waals surface area contributed by atoms with E-state index in [9.17, 15) is 4.79 Å². The molecule has 0 fully saturated rings. The summed E-state index contributed by atoms with van der Waals surface area (Å²) >= 11 is 0. The van der Waals surface area contributed by atoms with Crippen LogP contribution in [0.25, 0.3) is 10.8 Å². The lowest BCUT2D eigenvalue weighted by atomic mass is 10.1. The van der Waals surface area contributed by atoms with Gasteiger partial charge in [-0.25, -0.2) is 0 Å². The Morgan fingerprint density at radius 2 is 2.15 bits per heavy atom. The van der Waals surface area contributed by atoms with Crippen LogP contribution in [0.4, 0.5) is 0 Å². The van der Waals surface area contributed by atoms with Crippen LogP contribution < -0.4 is 5.56 Å². The number of aryl methyl sites for hydroxylation is 1. The summed E-state index contributed by atoms with van der Waals surface area (Å²) in [5.74, 6) is 0. The van der Waals surface area contributed by atoms with Crippen molar-refractivity contribution >= 4 is 10.8 Å². The third-order valence-electron chi connectivity index (χ3n) is 2.27. The predicted octanol–water partition coefficient (Wildman–Crippen LogP) is 2.09. The summed E-state index contributed by atoms with van der Waals surface area (Å²) in [7, 11) is 0. The molecule has 0 amide bonds. The first-order valence-electron chi connectivity index (χ1n) is 4.42. The molecule has 0 unspecified atom stereocenters. The number of pyridine rings is 1. The number of benzene rings is 1. The molecule has 0 saturated carbocycles. The maximum Gasteiger partial charge on any atom is 0.256 e. The zero-order chi connectivity index (χ0) is 9.26. The predicted molar refractivity (Wildman–Crippen MR) is 53.9 cm³/mol. The average Bonchev–Trinajstić information content (AvgIpc) is 2.17. The third kappa shape index (κ3) is 1.24. The number of aromatic nitrogens is 1. The van der Waals surface area contributed by atoms with Crippen LogP contribution in [-0.4, -0.2) is 4.98 Å². The number of fused-ring (bicyclic) bond motifs is 1. The fourth-order valence-electron chi connectivity index (χ4n) is 1.61. The SMILES string of the molecule is CCc1cccc2cc[nH]c(=O)c12. The van der Waals surface area contributed by atoms with Gasteiger partial charge in [0.1, 0.15) is 0 Å². The Hall–Kier alpha value is -1.57. The largest absolute Gasteiger partial charge is 0.329 e. The molecule has 2 nitrogen and oxygen atoms in total. The van der Waals surface area contributed by atoms with Crippen LogP contribution in [0.15, 0.2) is 35.3 Å². The van der Waals surface area contributed by atoms with E-state index in [1.807, 2.05) is 24.3 Å². The summed E-state index contributed by atoms with van der Waals surface area (Å²) in [6, 6.07) is 7.87. The van der Waals surface area contributed by atoms with Crippen molar-refractivity contribution in [2.24, 2.45) is 0 Å². The Bertz CT molecular complexity index is 479. The van der Waals surface area contributed by atoms with E-state index in [0.717, 1.165) is 22.8 Å². The number of H-pyrrole nitrogens is 1. The van der Waals surface area contributed by atoms with Crippen LogP contribution in [0.1, 0.15) is 12.5 Å². The first-order valence-corrected chi connectivity index (χ1v) is 4.42. The molecular weight excluding hydrogens is 162 g/mol. The van der Waals surface area contributed by atoms with Gasteiger partial charge in [-0.2, -0.15) is 0 Å². The fraction of sp³-hybridized carbons (Fsp3) is 0.182. The molecule has 1 aromatic heterocycles. The van der Waals surface area contributed by atoms with E-state index in [1.54, 1.807) is 6.20 Å². The maximum absolute atomic E-state index is 11.5. The number of hydrogen-bond donors (Lipinski definition) is 1. The maximum atomic E-state index is 11.5. The molecule has 0 aliphatic heterocycles. The van der Waals surface area contributed by atoms with Crippen molar-refractivity contribution in [2.45, 2.75) is 13.3 Å². The van der Waals surface area contributed by atoms with Gasteiger partial charge in [0, 0.05) is 6.20 Å². The van der Waals surface area contributed by atoms with Crippen molar-refractivity contribution < 1.29 is 0 Å². The summed E-state index contributed by atoms with van der Waals surface area (Å²) in [5, 5.41) is 1.84. The molecule has 2 heteroatoms. The molecule has 0 aliphatic rings. The van der Waals surface area contributed by atoms with E-state index in [1.165, 1.54) is 0 Å². The average molecular weight is 173 g/mol. The Morgan fingerprint density at radius 1 is 1.31 bits per heavy atom. The van der Waals surface area contributed by atoms with E-state index in [4.69, 9.17) is 0 Å². The zero-order valence-corrected chi connectivity index (χ0v) is 7.50. The second kappa shape index (κ2) is 3.05. The highest BCUT2D eigenvalue weighted by atomic mass is 16.1. The molecular formula is C11H11NO. The van der Waals surface area contributed by atoms with Gasteiger partial charge in [-0.05, 0) is 23.4 Å². The van der Waals surface area contributed by atoms with Crippen molar-refractivity contribution in [1.82, 2.24) is 4.98 Å². The van der Waals surface area contributed by atoms with Crippen LogP contribution in [0.3, 0.4) is 0 Å². The van der Waals surface area contributed by atoms with Crippen molar-refractivity contribution in [1.29, 1.82) is 0 Å². The van der Waals surface area contributed by atoms with Crippen molar-refractivity contribution in [3.8, 4) is 0 Å². The summed E-state index contributed by atoms with van der Waals surface area (Å²) in [5.41, 5.74) is 1.12. The monoisotopic (exact) mass is 173 g/mol. The highest BCUT2D eigenvalue weighted by Crippen LogP contribution is 2.13. The normalized spacial score (nSPS) is 10.5. The van der Waals surface area contributed by atoms with E-state index in [0.29, 0.717) is 0 Å². The molecule has 2 aromatic rings. The second-order valence-electron chi connectivity index (χ2n) is 3.04. The molecule has 13 heavy (non-hydrogen) atoms. The van der Waals surface area contributed by atoms with E-state index >= 15 is 0 Å². The minimum Gasteiger partial charge on any atom is -0.329 e. The standard InChI is InChI=1S/C11H11NO/c1-2-8-4-3-5-9-6-7-12-11(13)10(8)9/h3-7H,2H2,1H3,(H,12,13). The lowest BCUT2D eigenvalue weighted by Crippen LogP contribution is -2.06. The van der Waals surface area contributed by atoms with Crippen LogP contribution in [0, 0.1) is 0 Å². The molecule has 0 saturated heterocycles. The van der Waals surface area contributed by atoms with E-state index in [-0.39, 0.29) is 5.56 Å². The number of rotatable bonds is 1. The summed E-state index contributed by atoms with van der Waals surface area (Å²) < 4.78 is 0. The quantitative estimate of drug-likeness (QED) is 0.703. The third-order valence-corrected chi connectivity index (χ3v) is 2.27. The van der Waals surface area contributed by atoms with Gasteiger partial charge in [0.05, 0.1) is 5.39 Å². The van der Waals surface area contributed by atoms with Crippen LogP contribution in [0.2, 0.25) is 0 Å². The van der Waals surface area contributed by atoms with E-state index < -0.39 is 0 Å². The Balaban J connectivity index is 2.95. The summed E-state index contributed by atoms with van der Waals surface area (Å²) in [4.78, 5) is 14.2. The number of nitrogens with one attached hydrogen (secondary N) is 1. The Morgan fingerprint density at radius 3 is 2.92 bits per heavy atom. The minimum absolute atomic E-state index is 0.00921. The van der Waals surface area contributed by atoms with Crippen molar-refractivity contribution in [2.75, 3.05) is 0 Å². The molecule has 1 heterocycles. The first-order chi connectivity index (χ1) is 6.33. The van der Waals surface area contributed by atoms with Crippen LogP contribution in [-0.2, 0) is 6.42 Å². The lowest BCUT2D eigenvalue weighted by molar-refractivity contribution is 1.15. The number of hydrogen-bond acceptors (Lipinski definition) is 1. The molecule has 2 rings (SSSR count). The van der Waals surface area contributed by atoms with Gasteiger partial charge in [-0.15, -0.1) is 0 Å². The molecule has 0 aliphatic carbocycles. The molecule has 66 valence electrons. The topological polar surface area (TPSA) is 32.9 Å². The van der Waals surface area contributed by atoms with Gasteiger partial charge in [0.25, 0.3) is 5.56 Å². The molecule has 1 N–H and O–H groups in total. The van der Waals surface area contributed by atoms with Gasteiger partial charge < -0.3 is 4.98 Å². The summed E-state index contributed by atoms with van der Waals surface area (Å²) in [6.45, 7) is 2.06. The van der Waals surface area contributed by atoms with Gasteiger partial charge in [-0.1, -0.05) is 25.1 Å². The molecule has 1 aromatic carbocycles. The number of aromatic amines is 1. The molecule has 0 atom stereocenters. The smallest absolute Gasteiger partial charge is 0.256 e. The molecule has 0 spiro atoms. The van der Waals surface area contributed by atoms with Gasteiger partial charge in [0.2, 0.25) is 0 Å².